The number of carbonyl (C=O) groups excluding carboxylic acids is 1. The molecule has 0 aliphatic heterocycles. The molecular weight excluding hydrogens is 248 g/mol. The molecule has 0 saturated heterocycles. The molecule has 1 atom stereocenters. The minimum Gasteiger partial charge on any atom is -0.492 e. The summed E-state index contributed by atoms with van der Waals surface area (Å²) in [6, 6.07) is 8.44. The van der Waals surface area contributed by atoms with Crippen LogP contribution in [-0.4, -0.2) is 36.2 Å². The molecule has 1 aromatic rings. The van der Waals surface area contributed by atoms with Gasteiger partial charge in [-0.2, -0.15) is 0 Å². The molecule has 1 aromatic carbocycles. The zero-order valence-corrected chi connectivity index (χ0v) is 10.5. The van der Waals surface area contributed by atoms with Crippen molar-refractivity contribution in [3.63, 3.8) is 0 Å². The summed E-state index contributed by atoms with van der Waals surface area (Å²) in [4.78, 5) is 21.8. The number of hydrogen-bond acceptors (Lipinski definition) is 4. The second kappa shape index (κ2) is 8.10. The van der Waals surface area contributed by atoms with Crippen LogP contribution in [0.3, 0.4) is 0 Å². The van der Waals surface area contributed by atoms with Gasteiger partial charge < -0.3 is 20.9 Å². The molecule has 0 aliphatic carbocycles. The van der Waals surface area contributed by atoms with Crippen LogP contribution in [0.1, 0.15) is 12.8 Å². The van der Waals surface area contributed by atoms with Crippen LogP contribution < -0.4 is 15.8 Å². The third-order valence-electron chi connectivity index (χ3n) is 2.42. The van der Waals surface area contributed by atoms with Crippen molar-refractivity contribution in [1.82, 2.24) is 5.32 Å². The maximum Gasteiger partial charge on any atom is 0.303 e. The van der Waals surface area contributed by atoms with Crippen molar-refractivity contribution in [2.45, 2.75) is 18.9 Å². The van der Waals surface area contributed by atoms with Gasteiger partial charge >= 0.3 is 5.97 Å². The molecule has 0 heterocycles. The fourth-order valence-corrected chi connectivity index (χ4v) is 1.40. The number of nitrogens with two attached hydrogens (primary N) is 1. The summed E-state index contributed by atoms with van der Waals surface area (Å²) >= 11 is 0. The quantitative estimate of drug-likeness (QED) is 0.590. The largest absolute Gasteiger partial charge is 0.492 e. The third-order valence-corrected chi connectivity index (χ3v) is 2.42. The summed E-state index contributed by atoms with van der Waals surface area (Å²) < 4.78 is 5.38. The molecule has 0 bridgehead atoms. The maximum atomic E-state index is 11.5. The number of aliphatic carboxylic acids is 1. The van der Waals surface area contributed by atoms with Gasteiger partial charge in [-0.3, -0.25) is 9.59 Å². The number of carboxylic acids is 1. The number of carboxylic acid groups (broad SMARTS) is 1. The summed E-state index contributed by atoms with van der Waals surface area (Å²) in [5, 5.41) is 11.1. The first-order valence-corrected chi connectivity index (χ1v) is 6.02. The van der Waals surface area contributed by atoms with E-state index in [1.807, 2.05) is 30.3 Å². The molecule has 0 spiro atoms. The number of amides is 1. The molecule has 6 heteroatoms. The molecule has 104 valence electrons. The Bertz CT molecular complexity index is 408. The molecule has 0 fully saturated rings. The smallest absolute Gasteiger partial charge is 0.303 e. The Labute approximate surface area is 111 Å². The van der Waals surface area contributed by atoms with Crippen LogP contribution in [0.2, 0.25) is 0 Å². The minimum absolute atomic E-state index is 0.116. The van der Waals surface area contributed by atoms with E-state index in [4.69, 9.17) is 15.6 Å². The van der Waals surface area contributed by atoms with E-state index >= 15 is 0 Å². The average molecular weight is 266 g/mol. The van der Waals surface area contributed by atoms with E-state index in [0.717, 1.165) is 5.75 Å². The predicted octanol–water partition coefficient (Wildman–Crippen LogP) is 0.374. The van der Waals surface area contributed by atoms with Gasteiger partial charge in [0.1, 0.15) is 12.4 Å². The molecule has 1 rings (SSSR count). The Kier molecular flexibility index (Phi) is 6.38. The molecule has 6 nitrogen and oxygen atoms in total. The van der Waals surface area contributed by atoms with Gasteiger partial charge in [0.15, 0.2) is 0 Å². The Balaban J connectivity index is 2.15. The Morgan fingerprint density at radius 2 is 2.00 bits per heavy atom. The van der Waals surface area contributed by atoms with Crippen molar-refractivity contribution in [2.75, 3.05) is 13.2 Å². The Morgan fingerprint density at radius 3 is 2.63 bits per heavy atom. The SMILES string of the molecule is NC(CCC(=O)O)C(=O)NCCOc1ccccc1. The van der Waals surface area contributed by atoms with Crippen LogP contribution >= 0.6 is 0 Å². The van der Waals surface area contributed by atoms with Crippen LogP contribution in [0.25, 0.3) is 0 Å². The van der Waals surface area contributed by atoms with Crippen molar-refractivity contribution in [1.29, 1.82) is 0 Å². The topological polar surface area (TPSA) is 102 Å². The van der Waals surface area contributed by atoms with E-state index in [0.29, 0.717) is 13.2 Å². The highest BCUT2D eigenvalue weighted by molar-refractivity contribution is 5.82. The van der Waals surface area contributed by atoms with Crippen LogP contribution in [0.4, 0.5) is 0 Å². The Hall–Kier alpha value is -2.08. The summed E-state index contributed by atoms with van der Waals surface area (Å²) in [6.07, 6.45) is 0.00973. The number of ether oxygens (including phenoxy) is 1. The fourth-order valence-electron chi connectivity index (χ4n) is 1.40. The normalized spacial score (nSPS) is 11.6. The van der Waals surface area contributed by atoms with Gasteiger partial charge in [0.25, 0.3) is 0 Å². The van der Waals surface area contributed by atoms with Gasteiger partial charge in [0, 0.05) is 6.42 Å². The highest BCUT2D eigenvalue weighted by atomic mass is 16.5. The van der Waals surface area contributed by atoms with Gasteiger partial charge in [0.05, 0.1) is 12.6 Å². The van der Waals surface area contributed by atoms with E-state index in [-0.39, 0.29) is 18.7 Å². The number of para-hydroxylation sites is 1. The van der Waals surface area contributed by atoms with E-state index in [9.17, 15) is 9.59 Å². The van der Waals surface area contributed by atoms with Crippen molar-refractivity contribution in [3.05, 3.63) is 30.3 Å². The van der Waals surface area contributed by atoms with Gasteiger partial charge in [-0.1, -0.05) is 18.2 Å². The molecule has 1 amide bonds. The maximum absolute atomic E-state index is 11.5. The lowest BCUT2D eigenvalue weighted by atomic mass is 10.1. The second-order valence-corrected chi connectivity index (χ2v) is 3.99. The lowest BCUT2D eigenvalue weighted by Crippen LogP contribution is -2.42. The van der Waals surface area contributed by atoms with Crippen molar-refractivity contribution < 1.29 is 19.4 Å². The zero-order valence-electron chi connectivity index (χ0n) is 10.5. The van der Waals surface area contributed by atoms with Crippen molar-refractivity contribution in [2.24, 2.45) is 5.73 Å². The Morgan fingerprint density at radius 1 is 1.32 bits per heavy atom. The number of rotatable bonds is 8. The molecule has 0 aromatic heterocycles. The minimum atomic E-state index is -0.962. The first-order valence-electron chi connectivity index (χ1n) is 6.02. The van der Waals surface area contributed by atoms with Crippen LogP contribution in [0.15, 0.2) is 30.3 Å². The van der Waals surface area contributed by atoms with Gasteiger partial charge in [-0.05, 0) is 18.6 Å². The van der Waals surface area contributed by atoms with Gasteiger partial charge in [-0.25, -0.2) is 0 Å². The number of hydrogen-bond donors (Lipinski definition) is 3. The summed E-state index contributed by atoms with van der Waals surface area (Å²) in [5.41, 5.74) is 5.54. The van der Waals surface area contributed by atoms with Crippen LogP contribution in [-0.2, 0) is 9.59 Å². The molecule has 0 saturated carbocycles. The molecule has 0 radical (unpaired) electrons. The molecular formula is C13H18N2O4. The first kappa shape index (κ1) is 15.0. The second-order valence-electron chi connectivity index (χ2n) is 3.99. The van der Waals surface area contributed by atoms with Crippen molar-refractivity contribution in [3.8, 4) is 5.75 Å². The standard InChI is InChI=1S/C13H18N2O4/c14-11(6-7-12(16)17)13(18)15-8-9-19-10-4-2-1-3-5-10/h1-5,11H,6-9,14H2,(H,15,18)(H,16,17). The monoisotopic (exact) mass is 266 g/mol. The highest BCUT2D eigenvalue weighted by Crippen LogP contribution is 2.07. The van der Waals surface area contributed by atoms with Crippen molar-refractivity contribution >= 4 is 11.9 Å². The van der Waals surface area contributed by atoms with Crippen LogP contribution in [0, 0.1) is 0 Å². The summed E-state index contributed by atoms with van der Waals surface area (Å²) in [7, 11) is 0. The predicted molar refractivity (Wildman–Crippen MR) is 69.8 cm³/mol. The summed E-state index contributed by atoms with van der Waals surface area (Å²) in [6.45, 7) is 0.663. The number of benzene rings is 1. The highest BCUT2D eigenvalue weighted by Gasteiger charge is 2.13. The van der Waals surface area contributed by atoms with E-state index in [1.54, 1.807) is 0 Å². The van der Waals surface area contributed by atoms with Gasteiger partial charge in [-0.15, -0.1) is 0 Å². The van der Waals surface area contributed by atoms with Crippen LogP contribution in [0.5, 0.6) is 5.75 Å². The molecule has 19 heavy (non-hydrogen) atoms. The van der Waals surface area contributed by atoms with E-state index < -0.39 is 12.0 Å². The van der Waals surface area contributed by atoms with E-state index in [2.05, 4.69) is 5.32 Å². The zero-order chi connectivity index (χ0) is 14.1. The molecule has 4 N–H and O–H groups in total. The molecule has 0 aliphatic rings. The average Bonchev–Trinajstić information content (AvgIpc) is 2.41. The van der Waals surface area contributed by atoms with Gasteiger partial charge in [0.2, 0.25) is 5.91 Å². The summed E-state index contributed by atoms with van der Waals surface area (Å²) in [5.74, 6) is -0.597. The lowest BCUT2D eigenvalue weighted by molar-refractivity contribution is -0.137. The lowest BCUT2D eigenvalue weighted by Gasteiger charge is -2.11. The third kappa shape index (κ3) is 6.42. The number of nitrogens with one attached hydrogen (secondary N) is 1. The number of carbonyl (C=O) groups is 2. The van der Waals surface area contributed by atoms with E-state index in [1.165, 1.54) is 0 Å². The first-order chi connectivity index (χ1) is 9.09. The fraction of sp³-hybridized carbons (Fsp3) is 0.385. The molecule has 1 unspecified atom stereocenters.